The van der Waals surface area contributed by atoms with Crippen molar-refractivity contribution in [2.24, 2.45) is 0 Å². The molecule has 0 N–H and O–H groups in total. The first-order chi connectivity index (χ1) is 15.6. The first kappa shape index (κ1) is 22.6. The third-order valence-electron chi connectivity index (χ3n) is 5.55. The summed E-state index contributed by atoms with van der Waals surface area (Å²) >= 11 is 0. The van der Waals surface area contributed by atoms with Crippen molar-refractivity contribution >= 4 is 5.82 Å². The van der Waals surface area contributed by atoms with E-state index in [4.69, 9.17) is 9.47 Å². The number of halogens is 4. The smallest absolute Gasteiger partial charge is 0.419 e. The SMILES string of the molecule is C[C@H]1CCn2c(cc(OCc3ccc(Oc4ccc(F)c(C(F)(F)F)c4)cc3)nc2=O)N1C. The standard InChI is InChI=1S/C23H21F4N3O3/c1-14-9-10-30-21(29(14)2)12-20(28-22(30)31)32-13-15-3-5-16(6-4-15)33-17-7-8-19(24)18(11-17)23(25,26)27/h3-8,11-12,14H,9-10,13H2,1-2H3/t14-/m0/s1. The third kappa shape index (κ3) is 4.94. The van der Waals surface area contributed by atoms with Crippen LogP contribution in [0.1, 0.15) is 24.5 Å². The van der Waals surface area contributed by atoms with E-state index in [0.29, 0.717) is 24.7 Å². The van der Waals surface area contributed by atoms with Crippen LogP contribution in [-0.2, 0) is 19.3 Å². The number of ether oxygens (including phenoxy) is 2. The molecule has 0 fully saturated rings. The summed E-state index contributed by atoms with van der Waals surface area (Å²) in [6.45, 7) is 2.81. The Morgan fingerprint density at radius 1 is 1.09 bits per heavy atom. The highest BCUT2D eigenvalue weighted by Gasteiger charge is 2.34. The molecule has 1 aliphatic rings. The molecule has 33 heavy (non-hydrogen) atoms. The molecule has 1 aliphatic heterocycles. The Kier molecular flexibility index (Phi) is 6.01. The normalized spacial score (nSPS) is 15.8. The summed E-state index contributed by atoms with van der Waals surface area (Å²) in [5, 5.41) is 0. The van der Waals surface area contributed by atoms with Gasteiger partial charge >= 0.3 is 11.9 Å². The Hall–Kier alpha value is -3.56. The van der Waals surface area contributed by atoms with Gasteiger partial charge in [-0.2, -0.15) is 18.2 Å². The van der Waals surface area contributed by atoms with Crippen LogP contribution in [0.2, 0.25) is 0 Å². The number of aromatic nitrogens is 2. The maximum atomic E-state index is 13.4. The zero-order chi connectivity index (χ0) is 23.8. The van der Waals surface area contributed by atoms with Crippen molar-refractivity contribution in [3.63, 3.8) is 0 Å². The maximum Gasteiger partial charge on any atom is 0.419 e. The molecule has 4 rings (SSSR count). The van der Waals surface area contributed by atoms with Gasteiger partial charge in [-0.1, -0.05) is 12.1 Å². The second-order valence-electron chi connectivity index (χ2n) is 7.81. The lowest BCUT2D eigenvalue weighted by Gasteiger charge is -2.34. The Labute approximate surface area is 187 Å². The molecule has 0 amide bonds. The molecule has 0 unspecified atom stereocenters. The van der Waals surface area contributed by atoms with Crippen molar-refractivity contribution in [3.05, 3.63) is 76.0 Å². The third-order valence-corrected chi connectivity index (χ3v) is 5.55. The second-order valence-corrected chi connectivity index (χ2v) is 7.81. The molecule has 10 heteroatoms. The van der Waals surface area contributed by atoms with E-state index in [1.165, 1.54) is 0 Å². The molecule has 2 heterocycles. The van der Waals surface area contributed by atoms with E-state index in [1.807, 2.05) is 11.9 Å². The summed E-state index contributed by atoms with van der Waals surface area (Å²) in [6.07, 6.45) is -3.96. The molecule has 0 bridgehead atoms. The Morgan fingerprint density at radius 3 is 2.48 bits per heavy atom. The first-order valence-corrected chi connectivity index (χ1v) is 10.2. The lowest BCUT2D eigenvalue weighted by molar-refractivity contribution is -0.140. The number of nitrogens with zero attached hydrogens (tertiary/aromatic N) is 3. The quantitative estimate of drug-likeness (QED) is 0.499. The van der Waals surface area contributed by atoms with Gasteiger partial charge in [0.1, 0.15) is 29.7 Å². The first-order valence-electron chi connectivity index (χ1n) is 10.2. The lowest BCUT2D eigenvalue weighted by Crippen LogP contribution is -2.41. The van der Waals surface area contributed by atoms with E-state index in [2.05, 4.69) is 11.9 Å². The van der Waals surface area contributed by atoms with Gasteiger partial charge in [-0.05, 0) is 49.2 Å². The molecule has 1 aromatic heterocycles. The number of hydrogen-bond donors (Lipinski definition) is 0. The number of rotatable bonds is 5. The largest absolute Gasteiger partial charge is 0.473 e. The molecule has 0 saturated heterocycles. The van der Waals surface area contributed by atoms with Crippen LogP contribution in [0.4, 0.5) is 23.4 Å². The van der Waals surface area contributed by atoms with Crippen LogP contribution in [-0.4, -0.2) is 22.6 Å². The van der Waals surface area contributed by atoms with E-state index < -0.39 is 17.6 Å². The zero-order valence-corrected chi connectivity index (χ0v) is 17.9. The van der Waals surface area contributed by atoms with Gasteiger partial charge in [-0.3, -0.25) is 4.57 Å². The summed E-state index contributed by atoms with van der Waals surface area (Å²) in [6, 6.07) is 10.9. The van der Waals surface area contributed by atoms with Gasteiger partial charge in [0.2, 0.25) is 5.88 Å². The van der Waals surface area contributed by atoms with Crippen LogP contribution in [0.3, 0.4) is 0 Å². The Morgan fingerprint density at radius 2 is 1.79 bits per heavy atom. The number of benzene rings is 2. The summed E-state index contributed by atoms with van der Waals surface area (Å²) in [5.74, 6) is -0.272. The van der Waals surface area contributed by atoms with E-state index in [9.17, 15) is 22.4 Å². The van der Waals surface area contributed by atoms with Crippen molar-refractivity contribution in [1.82, 2.24) is 9.55 Å². The van der Waals surface area contributed by atoms with Crippen LogP contribution < -0.4 is 20.1 Å². The van der Waals surface area contributed by atoms with Crippen molar-refractivity contribution < 1.29 is 27.0 Å². The Balaban J connectivity index is 1.43. The Bertz CT molecular complexity index is 1210. The van der Waals surface area contributed by atoms with E-state index in [-0.39, 0.29) is 29.7 Å². The van der Waals surface area contributed by atoms with Gasteiger partial charge in [0.25, 0.3) is 0 Å². The fourth-order valence-electron chi connectivity index (χ4n) is 3.52. The number of anilines is 1. The molecule has 0 spiro atoms. The summed E-state index contributed by atoms with van der Waals surface area (Å²) in [7, 11) is 1.91. The van der Waals surface area contributed by atoms with Gasteiger partial charge in [-0.25, -0.2) is 9.18 Å². The monoisotopic (exact) mass is 463 g/mol. The highest BCUT2D eigenvalue weighted by atomic mass is 19.4. The minimum atomic E-state index is -4.81. The summed E-state index contributed by atoms with van der Waals surface area (Å²) in [5.41, 5.74) is -1.03. The van der Waals surface area contributed by atoms with Gasteiger partial charge in [-0.15, -0.1) is 0 Å². The van der Waals surface area contributed by atoms with Gasteiger partial charge in [0, 0.05) is 25.7 Å². The van der Waals surface area contributed by atoms with Crippen LogP contribution in [0, 0.1) is 5.82 Å². The molecular formula is C23H21F4N3O3. The fourth-order valence-corrected chi connectivity index (χ4v) is 3.52. The molecule has 0 radical (unpaired) electrons. The summed E-state index contributed by atoms with van der Waals surface area (Å²) in [4.78, 5) is 18.3. The topological polar surface area (TPSA) is 56.6 Å². The van der Waals surface area contributed by atoms with Crippen molar-refractivity contribution in [1.29, 1.82) is 0 Å². The van der Waals surface area contributed by atoms with Crippen molar-refractivity contribution in [2.45, 2.75) is 38.7 Å². The van der Waals surface area contributed by atoms with Crippen molar-refractivity contribution in [2.75, 3.05) is 11.9 Å². The van der Waals surface area contributed by atoms with Gasteiger partial charge < -0.3 is 14.4 Å². The fraction of sp³-hybridized carbons (Fsp3) is 0.304. The highest BCUT2D eigenvalue weighted by molar-refractivity contribution is 5.44. The van der Waals surface area contributed by atoms with Crippen LogP contribution in [0.15, 0.2) is 53.3 Å². The molecule has 6 nitrogen and oxygen atoms in total. The number of hydrogen-bond acceptors (Lipinski definition) is 5. The number of fused-ring (bicyclic) bond motifs is 1. The van der Waals surface area contributed by atoms with E-state index >= 15 is 0 Å². The van der Waals surface area contributed by atoms with Crippen LogP contribution >= 0.6 is 0 Å². The second kappa shape index (κ2) is 8.76. The van der Waals surface area contributed by atoms with Gasteiger partial charge in [0.05, 0.1) is 5.56 Å². The minimum Gasteiger partial charge on any atom is -0.473 e. The molecule has 0 saturated carbocycles. The molecule has 3 aromatic rings. The van der Waals surface area contributed by atoms with Crippen molar-refractivity contribution in [3.8, 4) is 17.4 Å². The van der Waals surface area contributed by atoms with E-state index in [1.54, 1.807) is 34.9 Å². The van der Waals surface area contributed by atoms with E-state index in [0.717, 1.165) is 23.9 Å². The van der Waals surface area contributed by atoms with Crippen LogP contribution in [0.25, 0.3) is 0 Å². The predicted molar refractivity (Wildman–Crippen MR) is 113 cm³/mol. The predicted octanol–water partition coefficient (Wildman–Crippen LogP) is 5.00. The lowest BCUT2D eigenvalue weighted by atomic mass is 10.1. The molecule has 174 valence electrons. The van der Waals surface area contributed by atoms with Crippen LogP contribution in [0.5, 0.6) is 17.4 Å². The molecule has 0 aliphatic carbocycles. The zero-order valence-electron chi connectivity index (χ0n) is 17.9. The van der Waals surface area contributed by atoms with Gasteiger partial charge in [0.15, 0.2) is 0 Å². The maximum absolute atomic E-state index is 13.4. The molecular weight excluding hydrogens is 442 g/mol. The molecule has 1 atom stereocenters. The number of alkyl halides is 3. The summed E-state index contributed by atoms with van der Waals surface area (Å²) < 4.78 is 64.7. The molecule has 2 aromatic carbocycles. The average Bonchev–Trinajstić information content (AvgIpc) is 2.76. The highest BCUT2D eigenvalue weighted by Crippen LogP contribution is 2.35. The average molecular weight is 463 g/mol. The minimum absolute atomic E-state index is 0.129.